The van der Waals surface area contributed by atoms with Crippen LogP contribution >= 0.6 is 0 Å². The molecule has 1 rings (SSSR count). The molecule has 0 bridgehead atoms. The van der Waals surface area contributed by atoms with Gasteiger partial charge in [0.05, 0.1) is 5.92 Å². The molecule has 1 fully saturated rings. The monoisotopic (exact) mass is 352 g/mol. The van der Waals surface area contributed by atoms with Gasteiger partial charge in [0.15, 0.2) is 0 Å². The van der Waals surface area contributed by atoms with Crippen molar-refractivity contribution < 1.29 is 14.6 Å². The Morgan fingerprint density at radius 2 is 1.54 bits per heavy atom. The molecule has 0 aromatic rings. The quantitative estimate of drug-likeness (QED) is 0.268. The van der Waals surface area contributed by atoms with Gasteiger partial charge in [-0.3, -0.25) is 4.79 Å². The molecule has 3 atom stereocenters. The molecular formula is C20H36O3Si. The van der Waals surface area contributed by atoms with Gasteiger partial charge in [-0.05, 0) is 19.8 Å². The first-order chi connectivity index (χ1) is 11.3. The number of hydrogen-bond donors (Lipinski definition) is 1. The van der Waals surface area contributed by atoms with E-state index in [0.29, 0.717) is 0 Å². The lowest BCUT2D eigenvalue weighted by atomic mass is 9.95. The Morgan fingerprint density at radius 1 is 1.00 bits per heavy atom. The lowest BCUT2D eigenvalue weighted by Crippen LogP contribution is -2.24. The summed E-state index contributed by atoms with van der Waals surface area (Å²) in [6.45, 7) is 8.63. The van der Waals surface area contributed by atoms with Crippen LogP contribution < -0.4 is 0 Å². The number of rotatable bonds is 10. The molecule has 1 saturated heterocycles. The maximum atomic E-state index is 11.6. The molecular weight excluding hydrogens is 316 g/mol. The van der Waals surface area contributed by atoms with Gasteiger partial charge >= 0.3 is 5.97 Å². The minimum absolute atomic E-state index is 0.216. The van der Waals surface area contributed by atoms with Crippen molar-refractivity contribution in [3.05, 3.63) is 0 Å². The summed E-state index contributed by atoms with van der Waals surface area (Å²) in [7, 11) is -1.18. The highest BCUT2D eigenvalue weighted by atomic mass is 28.3. The maximum absolute atomic E-state index is 11.6. The Kier molecular flexibility index (Phi) is 9.69. The molecule has 0 aliphatic carbocycles. The molecule has 1 heterocycles. The van der Waals surface area contributed by atoms with Crippen LogP contribution in [-0.2, 0) is 9.53 Å². The van der Waals surface area contributed by atoms with Crippen LogP contribution in [0.1, 0.15) is 71.1 Å². The second-order valence-corrected chi connectivity index (χ2v) is 12.9. The second kappa shape index (κ2) is 10.9. The topological polar surface area (TPSA) is 46.5 Å². The van der Waals surface area contributed by atoms with E-state index in [0.717, 1.165) is 25.7 Å². The van der Waals surface area contributed by atoms with Gasteiger partial charge in [-0.15, -0.1) is 11.5 Å². The summed E-state index contributed by atoms with van der Waals surface area (Å²) in [6.07, 6.45) is 10.7. The molecule has 1 N–H and O–H groups in total. The van der Waals surface area contributed by atoms with Crippen LogP contribution in [-0.4, -0.2) is 31.4 Å². The van der Waals surface area contributed by atoms with E-state index >= 15 is 0 Å². The maximum Gasteiger partial charge on any atom is 0.312 e. The molecule has 1 aliphatic rings. The molecule has 0 spiro atoms. The molecule has 3 nitrogen and oxygen atoms in total. The van der Waals surface area contributed by atoms with E-state index < -0.39 is 14.2 Å². The fraction of sp³-hybridized carbons (Fsp3) is 0.850. The van der Waals surface area contributed by atoms with Gasteiger partial charge in [-0.1, -0.05) is 64.6 Å². The zero-order valence-electron chi connectivity index (χ0n) is 16.1. The van der Waals surface area contributed by atoms with Gasteiger partial charge in [-0.2, -0.15) is 0 Å². The lowest BCUT2D eigenvalue weighted by molar-refractivity contribution is -0.143. The van der Waals surface area contributed by atoms with Crippen molar-refractivity contribution in [2.45, 2.75) is 103 Å². The van der Waals surface area contributed by atoms with Crippen molar-refractivity contribution >= 4 is 14.0 Å². The van der Waals surface area contributed by atoms with Crippen LogP contribution in [0.25, 0.3) is 0 Å². The number of hydrogen-bond acceptors (Lipinski definition) is 3. The predicted octanol–water partition coefficient (Wildman–Crippen LogP) is 4.69. The minimum atomic E-state index is -1.18. The molecule has 0 saturated carbocycles. The van der Waals surface area contributed by atoms with Crippen molar-refractivity contribution in [3.8, 4) is 11.5 Å². The van der Waals surface area contributed by atoms with E-state index in [2.05, 4.69) is 31.1 Å². The summed E-state index contributed by atoms with van der Waals surface area (Å²) in [5.74, 6) is 2.82. The van der Waals surface area contributed by atoms with Crippen molar-refractivity contribution in [1.82, 2.24) is 0 Å². The van der Waals surface area contributed by atoms with E-state index in [1.165, 1.54) is 38.5 Å². The molecule has 1 aliphatic heterocycles. The van der Waals surface area contributed by atoms with Gasteiger partial charge in [0.1, 0.15) is 20.3 Å². The molecule has 24 heavy (non-hydrogen) atoms. The summed E-state index contributed by atoms with van der Waals surface area (Å²) in [4.78, 5) is 11.6. The molecule has 138 valence electrons. The number of carbonyl (C=O) groups is 1. The van der Waals surface area contributed by atoms with Crippen LogP contribution in [0.2, 0.25) is 19.6 Å². The van der Waals surface area contributed by atoms with Crippen molar-refractivity contribution in [1.29, 1.82) is 0 Å². The van der Waals surface area contributed by atoms with E-state index in [4.69, 9.17) is 4.74 Å². The Hall–Kier alpha value is -0.793. The zero-order chi connectivity index (χ0) is 18.0. The fourth-order valence-corrected chi connectivity index (χ4v) is 3.72. The van der Waals surface area contributed by atoms with Gasteiger partial charge in [0, 0.05) is 6.42 Å². The zero-order valence-corrected chi connectivity index (χ0v) is 17.1. The summed E-state index contributed by atoms with van der Waals surface area (Å²) in [5.41, 5.74) is 3.42. The van der Waals surface area contributed by atoms with Gasteiger partial charge in [0.2, 0.25) is 0 Å². The summed E-state index contributed by atoms with van der Waals surface area (Å²) in [6, 6.07) is 0. The van der Waals surface area contributed by atoms with E-state index in [-0.39, 0.29) is 18.0 Å². The lowest BCUT2D eigenvalue weighted by Gasteiger charge is -2.11. The first kappa shape index (κ1) is 21.2. The van der Waals surface area contributed by atoms with Gasteiger partial charge in [0.25, 0.3) is 0 Å². The third-order valence-corrected chi connectivity index (χ3v) is 5.46. The van der Waals surface area contributed by atoms with Gasteiger partial charge < -0.3 is 9.84 Å². The highest BCUT2D eigenvalue weighted by Crippen LogP contribution is 2.26. The average molecular weight is 353 g/mol. The van der Waals surface area contributed by atoms with Crippen molar-refractivity contribution in [3.63, 3.8) is 0 Å². The predicted molar refractivity (Wildman–Crippen MR) is 102 cm³/mol. The number of aliphatic hydroxyl groups is 1. The number of carbonyl (C=O) groups excluding carboxylic acids is 1. The van der Waals surface area contributed by atoms with E-state index in [1.807, 2.05) is 0 Å². The highest BCUT2D eigenvalue weighted by molar-refractivity contribution is 6.83. The number of esters is 1. The van der Waals surface area contributed by atoms with Crippen LogP contribution in [0, 0.1) is 17.4 Å². The van der Waals surface area contributed by atoms with Crippen LogP contribution in [0.3, 0.4) is 0 Å². The number of aliphatic hydroxyl groups excluding tert-OH is 1. The Balaban J connectivity index is 1.91. The summed E-state index contributed by atoms with van der Waals surface area (Å²) >= 11 is 0. The Bertz CT molecular complexity index is 430. The van der Waals surface area contributed by atoms with Crippen LogP contribution in [0.4, 0.5) is 0 Å². The third kappa shape index (κ3) is 8.89. The van der Waals surface area contributed by atoms with Crippen molar-refractivity contribution in [2.75, 3.05) is 0 Å². The molecule has 0 aromatic heterocycles. The first-order valence-corrected chi connectivity index (χ1v) is 13.2. The summed E-state index contributed by atoms with van der Waals surface area (Å²) in [5, 5.41) is 9.88. The van der Waals surface area contributed by atoms with E-state index in [9.17, 15) is 9.90 Å². The summed E-state index contributed by atoms with van der Waals surface area (Å²) < 4.78 is 5.06. The standard InChI is InChI=1S/C20H36O3Si/c1-17-19(21)18(20(22)23-17)15-13-11-9-7-5-6-8-10-12-14-16-24(2,3)4/h17-19,21H,5-13,15H2,1-4H3/t17-,18?,19?/m0/s1. The largest absolute Gasteiger partial charge is 0.460 e. The Morgan fingerprint density at radius 3 is 2.04 bits per heavy atom. The fourth-order valence-electron chi connectivity index (χ4n) is 3.06. The average Bonchev–Trinajstić information content (AvgIpc) is 2.73. The first-order valence-electron chi connectivity index (χ1n) is 9.70. The normalized spacial score (nSPS) is 23.7. The Labute approximate surface area is 149 Å². The molecule has 0 radical (unpaired) electrons. The van der Waals surface area contributed by atoms with Gasteiger partial charge in [-0.25, -0.2) is 0 Å². The third-order valence-electron chi connectivity index (χ3n) is 4.53. The minimum Gasteiger partial charge on any atom is -0.460 e. The smallest absolute Gasteiger partial charge is 0.312 e. The van der Waals surface area contributed by atoms with Crippen LogP contribution in [0.15, 0.2) is 0 Å². The molecule has 0 aromatic carbocycles. The van der Waals surface area contributed by atoms with E-state index in [1.54, 1.807) is 6.92 Å². The SMILES string of the molecule is C[C@@H]1OC(=O)C(CCCCCCCCCCC#C[Si](C)(C)C)C1O. The second-order valence-electron chi connectivity index (χ2n) is 8.16. The number of ether oxygens (including phenoxy) is 1. The molecule has 2 unspecified atom stereocenters. The molecule has 4 heteroatoms. The van der Waals surface area contributed by atoms with Crippen molar-refractivity contribution in [2.24, 2.45) is 5.92 Å². The number of cyclic esters (lactones) is 1. The number of unbranched alkanes of at least 4 members (excludes halogenated alkanes) is 8. The molecule has 0 amide bonds. The van der Waals surface area contributed by atoms with Crippen LogP contribution in [0.5, 0.6) is 0 Å². The highest BCUT2D eigenvalue weighted by Gasteiger charge is 2.40.